The van der Waals surface area contributed by atoms with Crippen molar-refractivity contribution in [3.63, 3.8) is 0 Å². The Bertz CT molecular complexity index is 737. The summed E-state index contributed by atoms with van der Waals surface area (Å²) in [7, 11) is 0. The van der Waals surface area contributed by atoms with Gasteiger partial charge < -0.3 is 9.47 Å². The second-order valence-corrected chi connectivity index (χ2v) is 5.05. The van der Waals surface area contributed by atoms with E-state index in [1.807, 2.05) is 17.4 Å². The first-order valence-corrected chi connectivity index (χ1v) is 8.05. The quantitative estimate of drug-likeness (QED) is 0.363. The van der Waals surface area contributed by atoms with E-state index < -0.39 is 0 Å². The number of nitrogens with two attached hydrogens (primary N) is 1. The Morgan fingerprint density at radius 1 is 0.880 bits per heavy atom. The van der Waals surface area contributed by atoms with Crippen molar-refractivity contribution in [3.8, 4) is 0 Å². The lowest BCUT2D eigenvalue weighted by Gasteiger charge is -2.02. The van der Waals surface area contributed by atoms with Crippen LogP contribution in [0.15, 0.2) is 53.5 Å². The molecule has 2 N–H and O–H groups in total. The predicted octanol–water partition coefficient (Wildman–Crippen LogP) is 2.59. The summed E-state index contributed by atoms with van der Waals surface area (Å²) in [5.74, 6) is -0.671. The maximum atomic E-state index is 11.6. The van der Waals surface area contributed by atoms with Crippen LogP contribution >= 0.6 is 0 Å². The summed E-state index contributed by atoms with van der Waals surface area (Å²) in [6, 6.07) is 13.9. The normalized spacial score (nSPS) is 10.6. The highest BCUT2D eigenvalue weighted by molar-refractivity contribution is 5.90. The van der Waals surface area contributed by atoms with Crippen molar-refractivity contribution in [1.29, 1.82) is 0 Å². The number of hydrogen-bond donors (Lipinski definition) is 1. The van der Waals surface area contributed by atoms with E-state index in [2.05, 4.69) is 4.99 Å². The Kier molecular flexibility index (Phi) is 6.86. The van der Waals surface area contributed by atoms with Crippen LogP contribution in [0, 0.1) is 0 Å². The molecular weight excluding hydrogens is 320 g/mol. The molecule has 0 heterocycles. The van der Waals surface area contributed by atoms with E-state index in [0.717, 1.165) is 11.4 Å². The fraction of sp³-hybridized carbons (Fsp3) is 0.211. The molecule has 0 aromatic heterocycles. The van der Waals surface area contributed by atoms with Crippen LogP contribution in [-0.4, -0.2) is 31.5 Å². The summed E-state index contributed by atoms with van der Waals surface area (Å²) in [6.45, 7) is 4.25. The molecule has 25 heavy (non-hydrogen) atoms. The zero-order valence-electron chi connectivity index (χ0n) is 14.3. The lowest BCUT2D eigenvalue weighted by atomic mass is 10.2. The Hall–Kier alpha value is -2.99. The van der Waals surface area contributed by atoms with Crippen molar-refractivity contribution in [2.75, 3.05) is 13.2 Å². The number of hydrogen-bond acceptors (Lipinski definition) is 5. The van der Waals surface area contributed by atoms with Gasteiger partial charge in [0.05, 0.1) is 30.0 Å². The molecule has 0 bridgehead atoms. The van der Waals surface area contributed by atoms with E-state index in [-0.39, 0.29) is 11.9 Å². The van der Waals surface area contributed by atoms with Gasteiger partial charge in [-0.1, -0.05) is 0 Å². The van der Waals surface area contributed by atoms with Crippen LogP contribution in [0.1, 0.15) is 34.6 Å². The summed E-state index contributed by atoms with van der Waals surface area (Å²) in [6.07, 6.45) is 1.67. The molecule has 0 amide bonds. The maximum absolute atomic E-state index is 11.6. The summed E-state index contributed by atoms with van der Waals surface area (Å²) < 4.78 is 9.87. The predicted molar refractivity (Wildman–Crippen MR) is 94.5 cm³/mol. The average Bonchev–Trinajstić information content (AvgIpc) is 2.63. The summed E-state index contributed by atoms with van der Waals surface area (Å²) in [5, 5.41) is 1.83. The molecule has 0 aliphatic heterocycles. The van der Waals surface area contributed by atoms with Crippen molar-refractivity contribution >= 4 is 29.7 Å². The van der Waals surface area contributed by atoms with Crippen molar-refractivity contribution in [1.82, 2.24) is 0 Å². The minimum Gasteiger partial charge on any atom is -0.462 e. The highest BCUT2D eigenvalue weighted by Crippen LogP contribution is 2.13. The number of ether oxygens (including phenoxy) is 2. The number of nitrogens with zero attached hydrogens (tertiary/aromatic N) is 1. The van der Waals surface area contributed by atoms with Crippen LogP contribution in [-0.2, 0) is 9.47 Å². The third-order valence-electron chi connectivity index (χ3n) is 3.29. The van der Waals surface area contributed by atoms with E-state index in [9.17, 15) is 9.59 Å². The van der Waals surface area contributed by atoms with Gasteiger partial charge in [-0.25, -0.2) is 14.6 Å². The zero-order chi connectivity index (χ0) is 18.1. The first-order chi connectivity index (χ1) is 12.1. The molecular formula is C19H21N2O4+. The van der Waals surface area contributed by atoms with Gasteiger partial charge in [0.25, 0.3) is 0 Å². The Labute approximate surface area is 146 Å². The molecule has 6 nitrogen and oxygen atoms in total. The second kappa shape index (κ2) is 9.34. The van der Waals surface area contributed by atoms with E-state index >= 15 is 0 Å². The largest absolute Gasteiger partial charge is 0.462 e. The van der Waals surface area contributed by atoms with Crippen LogP contribution in [0.4, 0.5) is 11.4 Å². The van der Waals surface area contributed by atoms with Crippen molar-refractivity contribution in [2.45, 2.75) is 13.8 Å². The van der Waals surface area contributed by atoms with Gasteiger partial charge in [-0.2, -0.15) is 0 Å². The molecule has 0 spiro atoms. The van der Waals surface area contributed by atoms with E-state index in [0.29, 0.717) is 24.3 Å². The number of aliphatic imine (C=N–C) groups is 1. The van der Waals surface area contributed by atoms with Gasteiger partial charge in [0.15, 0.2) is 6.34 Å². The van der Waals surface area contributed by atoms with Crippen LogP contribution in [0.5, 0.6) is 0 Å². The molecule has 0 fully saturated rings. The van der Waals surface area contributed by atoms with Crippen LogP contribution < -0.4 is 5.32 Å². The highest BCUT2D eigenvalue weighted by atomic mass is 16.5. The first-order valence-electron chi connectivity index (χ1n) is 8.05. The van der Waals surface area contributed by atoms with Crippen LogP contribution in [0.2, 0.25) is 0 Å². The van der Waals surface area contributed by atoms with Crippen LogP contribution in [0.3, 0.4) is 0 Å². The third kappa shape index (κ3) is 5.54. The van der Waals surface area contributed by atoms with Gasteiger partial charge in [-0.3, -0.25) is 5.32 Å². The number of carbonyl (C=O) groups is 2. The fourth-order valence-electron chi connectivity index (χ4n) is 2.05. The minimum atomic E-state index is -0.341. The average molecular weight is 341 g/mol. The number of quaternary nitrogens is 1. The smallest absolute Gasteiger partial charge is 0.338 e. The molecule has 0 saturated heterocycles. The van der Waals surface area contributed by atoms with Gasteiger partial charge in [0.1, 0.15) is 5.69 Å². The standard InChI is InChI=1S/C19H20N2O4/c1-3-24-18(22)14-5-9-16(10-6-14)20-13-21-17-11-7-15(8-12-17)19(23)25-4-2/h5-13H,3-4H2,1-2H3,(H,20,21)/p+1. The molecule has 2 aromatic carbocycles. The number of esters is 2. The zero-order valence-corrected chi connectivity index (χ0v) is 14.3. The molecule has 0 aliphatic rings. The van der Waals surface area contributed by atoms with Crippen molar-refractivity contribution in [2.24, 2.45) is 4.99 Å². The lowest BCUT2D eigenvalue weighted by molar-refractivity contribution is -0.432. The van der Waals surface area contributed by atoms with Crippen LogP contribution in [0.25, 0.3) is 0 Å². The van der Waals surface area contributed by atoms with Crippen molar-refractivity contribution in [3.05, 3.63) is 59.7 Å². The Morgan fingerprint density at radius 3 is 1.84 bits per heavy atom. The number of benzene rings is 2. The van der Waals surface area contributed by atoms with Gasteiger partial charge in [0, 0.05) is 12.1 Å². The van der Waals surface area contributed by atoms with E-state index in [1.54, 1.807) is 56.6 Å². The molecule has 2 aromatic rings. The maximum Gasteiger partial charge on any atom is 0.338 e. The molecule has 0 unspecified atom stereocenters. The minimum absolute atomic E-state index is 0.329. The third-order valence-corrected chi connectivity index (χ3v) is 3.29. The van der Waals surface area contributed by atoms with Gasteiger partial charge in [0.2, 0.25) is 0 Å². The molecule has 6 heteroatoms. The number of carbonyl (C=O) groups excluding carboxylic acids is 2. The SMILES string of the molecule is CCOC(=O)c1ccc(N=C[NH2+]c2ccc(C(=O)OCC)cc2)cc1. The van der Waals surface area contributed by atoms with Gasteiger partial charge in [-0.15, -0.1) is 0 Å². The molecule has 0 saturated carbocycles. The van der Waals surface area contributed by atoms with Gasteiger partial charge in [-0.05, 0) is 50.2 Å². The first kappa shape index (κ1) is 18.4. The highest BCUT2D eigenvalue weighted by Gasteiger charge is 2.07. The summed E-state index contributed by atoms with van der Waals surface area (Å²) in [5.41, 5.74) is 2.66. The fourth-order valence-corrected chi connectivity index (χ4v) is 2.05. The summed E-state index contributed by atoms with van der Waals surface area (Å²) >= 11 is 0. The second-order valence-electron chi connectivity index (χ2n) is 5.05. The summed E-state index contributed by atoms with van der Waals surface area (Å²) in [4.78, 5) is 27.5. The molecule has 0 atom stereocenters. The monoisotopic (exact) mass is 341 g/mol. The number of rotatable bonds is 7. The molecule has 0 aliphatic carbocycles. The Morgan fingerprint density at radius 2 is 1.36 bits per heavy atom. The van der Waals surface area contributed by atoms with Gasteiger partial charge >= 0.3 is 11.9 Å². The topological polar surface area (TPSA) is 81.6 Å². The van der Waals surface area contributed by atoms with Crippen molar-refractivity contribution < 1.29 is 24.4 Å². The molecule has 2 rings (SSSR count). The lowest BCUT2D eigenvalue weighted by Crippen LogP contribution is -2.76. The Balaban J connectivity index is 1.92. The molecule has 0 radical (unpaired) electrons. The van der Waals surface area contributed by atoms with E-state index in [4.69, 9.17) is 9.47 Å². The van der Waals surface area contributed by atoms with E-state index in [1.165, 1.54) is 0 Å². The molecule has 130 valence electrons.